The van der Waals surface area contributed by atoms with Crippen molar-refractivity contribution in [1.82, 2.24) is 10.6 Å². The molecule has 2 aliphatic rings. The van der Waals surface area contributed by atoms with E-state index in [0.717, 1.165) is 30.5 Å². The summed E-state index contributed by atoms with van der Waals surface area (Å²) in [6.07, 6.45) is 3.18. The lowest BCUT2D eigenvalue weighted by molar-refractivity contribution is 0.0928. The van der Waals surface area contributed by atoms with Gasteiger partial charge in [0, 0.05) is 30.4 Å². The van der Waals surface area contributed by atoms with E-state index in [1.165, 1.54) is 0 Å². The van der Waals surface area contributed by atoms with E-state index in [-0.39, 0.29) is 18.0 Å². The maximum Gasteiger partial charge on any atom is 0.322 e. The first-order valence-electron chi connectivity index (χ1n) is 8.27. The lowest BCUT2D eigenvalue weighted by Crippen LogP contribution is -2.40. The molecule has 124 valence electrons. The van der Waals surface area contributed by atoms with Crippen LogP contribution in [0.3, 0.4) is 0 Å². The van der Waals surface area contributed by atoms with Crippen molar-refractivity contribution < 1.29 is 9.59 Å². The zero-order valence-corrected chi connectivity index (χ0v) is 13.5. The molecule has 0 spiro atoms. The number of carbonyl (C=O) groups is 2. The molecule has 0 bridgehead atoms. The molecule has 1 heterocycles. The van der Waals surface area contributed by atoms with Crippen LogP contribution in [-0.2, 0) is 0 Å². The molecule has 4 N–H and O–H groups in total. The van der Waals surface area contributed by atoms with Gasteiger partial charge in [0.15, 0.2) is 0 Å². The van der Waals surface area contributed by atoms with Crippen LogP contribution in [0.1, 0.15) is 35.2 Å². The average Bonchev–Trinajstić information content (AvgIpc) is 3.16. The van der Waals surface area contributed by atoms with Crippen molar-refractivity contribution in [3.63, 3.8) is 0 Å². The second kappa shape index (κ2) is 6.58. The number of nitrogens with zero attached hydrogens (tertiary/aromatic N) is 1. The van der Waals surface area contributed by atoms with Crippen molar-refractivity contribution in [1.29, 1.82) is 0 Å². The van der Waals surface area contributed by atoms with Crippen LogP contribution < -0.4 is 21.3 Å². The molecular weight excluding hydrogens is 292 g/mol. The largest absolute Gasteiger partial charge is 0.349 e. The van der Waals surface area contributed by atoms with Crippen LogP contribution in [0, 0.1) is 12.8 Å². The summed E-state index contributed by atoms with van der Waals surface area (Å²) >= 11 is 0. The van der Waals surface area contributed by atoms with Gasteiger partial charge in [-0.3, -0.25) is 9.69 Å². The molecule has 3 rings (SSSR count). The molecule has 3 amide bonds. The quantitative estimate of drug-likeness (QED) is 0.784. The third-order valence-electron chi connectivity index (χ3n) is 4.98. The summed E-state index contributed by atoms with van der Waals surface area (Å²) in [6.45, 7) is 3.76. The van der Waals surface area contributed by atoms with Gasteiger partial charge in [-0.2, -0.15) is 0 Å². The van der Waals surface area contributed by atoms with E-state index in [2.05, 4.69) is 10.6 Å². The van der Waals surface area contributed by atoms with Gasteiger partial charge >= 0.3 is 6.03 Å². The molecule has 1 aromatic rings. The van der Waals surface area contributed by atoms with E-state index < -0.39 is 0 Å². The maximum absolute atomic E-state index is 12.7. The molecule has 0 radical (unpaired) electrons. The lowest BCUT2D eigenvalue weighted by atomic mass is 10.0. The molecular formula is C17H24N4O2. The summed E-state index contributed by atoms with van der Waals surface area (Å²) in [5.41, 5.74) is 8.06. The number of nitrogens with one attached hydrogen (secondary N) is 2. The highest BCUT2D eigenvalue weighted by molar-refractivity contribution is 6.00. The predicted molar refractivity (Wildman–Crippen MR) is 89.6 cm³/mol. The van der Waals surface area contributed by atoms with Gasteiger partial charge in [0.1, 0.15) is 0 Å². The molecule has 2 unspecified atom stereocenters. The summed E-state index contributed by atoms with van der Waals surface area (Å²) in [5, 5.41) is 5.92. The molecule has 0 aromatic heterocycles. The number of hydrogen-bond acceptors (Lipinski definition) is 3. The van der Waals surface area contributed by atoms with Crippen molar-refractivity contribution in [2.45, 2.75) is 32.2 Å². The van der Waals surface area contributed by atoms with Crippen molar-refractivity contribution in [2.75, 3.05) is 24.5 Å². The second-order valence-corrected chi connectivity index (χ2v) is 6.34. The second-order valence-electron chi connectivity index (χ2n) is 6.34. The minimum Gasteiger partial charge on any atom is -0.349 e. The van der Waals surface area contributed by atoms with E-state index in [9.17, 15) is 9.59 Å². The molecule has 1 aliphatic heterocycles. The number of hydrogen-bond donors (Lipinski definition) is 3. The molecule has 23 heavy (non-hydrogen) atoms. The first-order chi connectivity index (χ1) is 11.1. The van der Waals surface area contributed by atoms with E-state index in [1.807, 2.05) is 25.1 Å². The first-order valence-corrected chi connectivity index (χ1v) is 8.27. The Bertz CT molecular complexity index is 617. The highest BCUT2D eigenvalue weighted by Crippen LogP contribution is 2.27. The summed E-state index contributed by atoms with van der Waals surface area (Å²) in [7, 11) is 0. The van der Waals surface area contributed by atoms with Crippen LogP contribution in [0.5, 0.6) is 0 Å². The summed E-state index contributed by atoms with van der Waals surface area (Å²) < 4.78 is 0. The lowest BCUT2D eigenvalue weighted by Gasteiger charge is -2.22. The number of anilines is 1. The monoisotopic (exact) mass is 316 g/mol. The summed E-state index contributed by atoms with van der Waals surface area (Å²) in [5.74, 6) is 0.293. The zero-order valence-electron chi connectivity index (χ0n) is 13.5. The normalized spacial score (nSPS) is 23.9. The fraction of sp³-hybridized carbons (Fsp3) is 0.529. The van der Waals surface area contributed by atoms with Gasteiger partial charge in [0.2, 0.25) is 0 Å². The van der Waals surface area contributed by atoms with Crippen molar-refractivity contribution >= 4 is 17.6 Å². The first kappa shape index (κ1) is 15.8. The van der Waals surface area contributed by atoms with E-state index in [4.69, 9.17) is 5.73 Å². The maximum atomic E-state index is 12.7. The molecule has 1 saturated heterocycles. The van der Waals surface area contributed by atoms with Crippen LogP contribution in [0.15, 0.2) is 18.2 Å². The van der Waals surface area contributed by atoms with Gasteiger partial charge in [-0.25, -0.2) is 4.79 Å². The summed E-state index contributed by atoms with van der Waals surface area (Å²) in [4.78, 5) is 26.2. The molecule has 6 heteroatoms. The number of rotatable bonds is 4. The standard InChI is InChI=1S/C17H24N4O2/c1-11-13(16(22)20-14-6-2-4-12(14)10-18)5-3-7-15(11)21-9-8-19-17(21)23/h3,5,7,12,14H,2,4,6,8-10,18H2,1H3,(H,19,23)(H,20,22). The van der Waals surface area contributed by atoms with Crippen LogP contribution in [0.4, 0.5) is 10.5 Å². The van der Waals surface area contributed by atoms with Crippen molar-refractivity contribution in [2.24, 2.45) is 11.7 Å². The van der Waals surface area contributed by atoms with Gasteiger partial charge in [0.05, 0.1) is 0 Å². The molecule has 1 saturated carbocycles. The van der Waals surface area contributed by atoms with Gasteiger partial charge < -0.3 is 16.4 Å². The topological polar surface area (TPSA) is 87.5 Å². The Hall–Kier alpha value is -2.08. The Labute approximate surface area is 136 Å². The third kappa shape index (κ3) is 3.03. The van der Waals surface area contributed by atoms with Gasteiger partial charge in [-0.1, -0.05) is 12.5 Å². The Morgan fingerprint density at radius 2 is 2.26 bits per heavy atom. The molecule has 1 aliphatic carbocycles. The highest BCUT2D eigenvalue weighted by Gasteiger charge is 2.29. The third-order valence-corrected chi connectivity index (χ3v) is 4.98. The predicted octanol–water partition coefficient (Wildman–Crippen LogP) is 1.38. The van der Waals surface area contributed by atoms with E-state index >= 15 is 0 Å². The highest BCUT2D eigenvalue weighted by atomic mass is 16.2. The average molecular weight is 316 g/mol. The van der Waals surface area contributed by atoms with Crippen molar-refractivity contribution in [3.05, 3.63) is 29.3 Å². The molecule has 1 aromatic carbocycles. The minimum absolute atomic E-state index is 0.0747. The minimum atomic E-state index is -0.107. The van der Waals surface area contributed by atoms with Gasteiger partial charge in [-0.05, 0) is 49.9 Å². The van der Waals surface area contributed by atoms with Crippen LogP contribution >= 0.6 is 0 Å². The number of nitrogens with two attached hydrogens (primary N) is 1. The number of carbonyl (C=O) groups excluding carboxylic acids is 2. The fourth-order valence-corrected chi connectivity index (χ4v) is 3.62. The number of benzene rings is 1. The molecule has 6 nitrogen and oxygen atoms in total. The number of urea groups is 1. The van der Waals surface area contributed by atoms with Crippen LogP contribution in [-0.4, -0.2) is 37.6 Å². The van der Waals surface area contributed by atoms with E-state index in [0.29, 0.717) is 31.1 Å². The summed E-state index contributed by atoms with van der Waals surface area (Å²) in [6, 6.07) is 5.58. The van der Waals surface area contributed by atoms with Gasteiger partial charge in [0.25, 0.3) is 5.91 Å². The Morgan fingerprint density at radius 1 is 1.43 bits per heavy atom. The Kier molecular flexibility index (Phi) is 4.52. The molecule has 2 fully saturated rings. The Morgan fingerprint density at radius 3 is 2.96 bits per heavy atom. The fourth-order valence-electron chi connectivity index (χ4n) is 3.62. The number of amides is 3. The smallest absolute Gasteiger partial charge is 0.322 e. The van der Waals surface area contributed by atoms with Crippen molar-refractivity contribution in [3.8, 4) is 0 Å². The molecule has 2 atom stereocenters. The van der Waals surface area contributed by atoms with Crippen LogP contribution in [0.2, 0.25) is 0 Å². The van der Waals surface area contributed by atoms with E-state index in [1.54, 1.807) is 4.90 Å². The van der Waals surface area contributed by atoms with Gasteiger partial charge in [-0.15, -0.1) is 0 Å². The van der Waals surface area contributed by atoms with Crippen LogP contribution in [0.25, 0.3) is 0 Å². The Balaban J connectivity index is 1.79. The SMILES string of the molecule is Cc1c(C(=O)NC2CCCC2CN)cccc1N1CCNC1=O. The zero-order chi connectivity index (χ0) is 16.4.